The second-order valence-corrected chi connectivity index (χ2v) is 6.07. The highest BCUT2D eigenvalue weighted by atomic mass is 31.2. The fourth-order valence-electron chi connectivity index (χ4n) is 1.53. The van der Waals surface area contributed by atoms with Crippen LogP contribution >= 0.6 is 7.60 Å². The van der Waals surface area contributed by atoms with Crippen LogP contribution in [-0.4, -0.2) is 23.9 Å². The van der Waals surface area contributed by atoms with Crippen LogP contribution in [0.2, 0.25) is 0 Å². The molecular formula is C10H13O6P. The molecule has 0 saturated carbocycles. The van der Waals surface area contributed by atoms with E-state index < -0.39 is 12.9 Å². The summed E-state index contributed by atoms with van der Waals surface area (Å²) in [6, 6.07) is 4.53. The Labute approximate surface area is 98.3 Å². The van der Waals surface area contributed by atoms with Crippen molar-refractivity contribution in [2.75, 3.05) is 13.9 Å². The molecule has 2 atom stereocenters. The van der Waals surface area contributed by atoms with Crippen LogP contribution in [0.15, 0.2) is 18.2 Å². The summed E-state index contributed by atoms with van der Waals surface area (Å²) < 4.78 is 26.4. The van der Waals surface area contributed by atoms with E-state index in [1.807, 2.05) is 0 Å². The van der Waals surface area contributed by atoms with Gasteiger partial charge < -0.3 is 24.0 Å². The van der Waals surface area contributed by atoms with Gasteiger partial charge in [0.1, 0.15) is 0 Å². The van der Waals surface area contributed by atoms with Crippen LogP contribution in [-0.2, 0) is 14.4 Å². The Bertz CT molecular complexity index is 484. The minimum Gasteiger partial charge on any atom is -0.454 e. The Morgan fingerprint density at radius 3 is 2.71 bits per heavy atom. The Balaban J connectivity index is 2.44. The van der Waals surface area contributed by atoms with Crippen molar-refractivity contribution >= 4 is 7.60 Å². The fourth-order valence-corrected chi connectivity index (χ4v) is 2.35. The van der Waals surface area contributed by atoms with Gasteiger partial charge in [0, 0.05) is 7.11 Å². The topological polar surface area (TPSA) is 85.2 Å². The van der Waals surface area contributed by atoms with Crippen molar-refractivity contribution in [3.63, 3.8) is 0 Å². The number of rotatable bonds is 3. The van der Waals surface area contributed by atoms with Gasteiger partial charge in [0.25, 0.3) is 0 Å². The Morgan fingerprint density at radius 2 is 2.06 bits per heavy atom. The summed E-state index contributed by atoms with van der Waals surface area (Å²) in [6.45, 7) is 1.32. The van der Waals surface area contributed by atoms with E-state index in [0.29, 0.717) is 11.5 Å². The summed E-state index contributed by atoms with van der Waals surface area (Å²) >= 11 is 0. The molecule has 7 heteroatoms. The van der Waals surface area contributed by atoms with Crippen LogP contribution < -0.4 is 9.47 Å². The molecule has 2 N–H and O–H groups in total. The molecule has 94 valence electrons. The smallest absolute Gasteiger partial charge is 0.363 e. The number of hydrogen-bond donors (Lipinski definition) is 2. The van der Waals surface area contributed by atoms with E-state index in [0.717, 1.165) is 7.11 Å². The molecule has 1 heterocycles. The first kappa shape index (κ1) is 12.4. The molecule has 0 bridgehead atoms. The zero-order valence-corrected chi connectivity index (χ0v) is 10.3. The van der Waals surface area contributed by atoms with Crippen molar-refractivity contribution in [1.82, 2.24) is 0 Å². The molecule has 1 unspecified atom stereocenters. The van der Waals surface area contributed by atoms with E-state index in [1.54, 1.807) is 6.07 Å². The minimum atomic E-state index is -4.16. The molecule has 1 aromatic carbocycles. The van der Waals surface area contributed by atoms with Gasteiger partial charge in [-0.1, -0.05) is 6.07 Å². The molecule has 1 aliphatic heterocycles. The third-order valence-electron chi connectivity index (χ3n) is 2.72. The van der Waals surface area contributed by atoms with Crippen LogP contribution in [0, 0.1) is 0 Å². The lowest BCUT2D eigenvalue weighted by molar-refractivity contribution is 0.101. The van der Waals surface area contributed by atoms with Crippen LogP contribution in [0.1, 0.15) is 12.5 Å². The molecule has 1 aromatic rings. The van der Waals surface area contributed by atoms with Gasteiger partial charge >= 0.3 is 7.60 Å². The largest absolute Gasteiger partial charge is 0.454 e. The monoisotopic (exact) mass is 260 g/mol. The molecule has 0 aliphatic carbocycles. The number of ether oxygens (including phenoxy) is 2. The summed E-state index contributed by atoms with van der Waals surface area (Å²) in [5, 5.41) is 8.11. The Kier molecular flexibility index (Phi) is 2.91. The summed E-state index contributed by atoms with van der Waals surface area (Å²) in [7, 11) is -3.09. The molecule has 0 saturated heterocycles. The van der Waals surface area contributed by atoms with E-state index in [2.05, 4.69) is 4.52 Å². The number of hydrogen-bond acceptors (Lipinski definition) is 5. The van der Waals surface area contributed by atoms with Gasteiger partial charge in [-0.05, 0) is 24.6 Å². The molecule has 0 radical (unpaired) electrons. The Hall–Kier alpha value is -1.07. The maximum Gasteiger partial charge on any atom is 0.363 e. The minimum absolute atomic E-state index is 0.0992. The second-order valence-electron chi connectivity index (χ2n) is 3.79. The first-order valence-electron chi connectivity index (χ1n) is 4.89. The van der Waals surface area contributed by atoms with E-state index in [-0.39, 0.29) is 12.4 Å². The van der Waals surface area contributed by atoms with Gasteiger partial charge in [0.05, 0.1) is 0 Å². The van der Waals surface area contributed by atoms with Gasteiger partial charge in [0.15, 0.2) is 16.8 Å². The standard InChI is InChI=1S/C10H13O6P/c1-10(11,17(12,13)14-2)7-3-4-8-9(5-7)16-6-15-8/h3-5,11H,6H2,1-2H3,(H,12,13)/t10-/m1/s1. The lowest BCUT2D eigenvalue weighted by Gasteiger charge is -2.27. The van der Waals surface area contributed by atoms with Crippen molar-refractivity contribution in [2.45, 2.75) is 12.3 Å². The van der Waals surface area contributed by atoms with Gasteiger partial charge in [-0.2, -0.15) is 0 Å². The van der Waals surface area contributed by atoms with Crippen LogP contribution in [0.4, 0.5) is 0 Å². The third kappa shape index (κ3) is 1.93. The van der Waals surface area contributed by atoms with Gasteiger partial charge in [-0.25, -0.2) is 0 Å². The highest BCUT2D eigenvalue weighted by molar-refractivity contribution is 7.53. The summed E-state index contributed by atoms with van der Waals surface area (Å²) in [5.74, 6) is 0.966. The van der Waals surface area contributed by atoms with Crippen molar-refractivity contribution < 1.29 is 28.6 Å². The molecule has 0 amide bonds. The maximum absolute atomic E-state index is 11.7. The fraction of sp³-hybridized carbons (Fsp3) is 0.400. The third-order valence-corrected chi connectivity index (χ3v) is 4.57. The second kappa shape index (κ2) is 3.99. The van der Waals surface area contributed by atoms with Crippen LogP contribution in [0.5, 0.6) is 11.5 Å². The van der Waals surface area contributed by atoms with Crippen molar-refractivity contribution in [2.24, 2.45) is 0 Å². The number of aliphatic hydroxyl groups is 1. The van der Waals surface area contributed by atoms with Crippen molar-refractivity contribution in [1.29, 1.82) is 0 Å². The van der Waals surface area contributed by atoms with Crippen LogP contribution in [0.25, 0.3) is 0 Å². The van der Waals surface area contributed by atoms with Crippen molar-refractivity contribution in [3.05, 3.63) is 23.8 Å². The first-order chi connectivity index (χ1) is 7.88. The maximum atomic E-state index is 11.7. The summed E-state index contributed by atoms with van der Waals surface area (Å²) in [6.07, 6.45) is 0. The molecule has 17 heavy (non-hydrogen) atoms. The predicted octanol–water partition coefficient (Wildman–Crippen LogP) is 1.41. The molecule has 0 fully saturated rings. The molecule has 2 rings (SSSR count). The normalized spacial score (nSPS) is 20.7. The highest BCUT2D eigenvalue weighted by Crippen LogP contribution is 2.59. The van der Waals surface area contributed by atoms with E-state index >= 15 is 0 Å². The first-order valence-corrected chi connectivity index (χ1v) is 6.47. The summed E-state index contributed by atoms with van der Waals surface area (Å²) in [4.78, 5) is 9.56. The Morgan fingerprint density at radius 1 is 1.41 bits per heavy atom. The number of benzene rings is 1. The van der Waals surface area contributed by atoms with Gasteiger partial charge in [-0.3, -0.25) is 4.57 Å². The quantitative estimate of drug-likeness (QED) is 0.799. The van der Waals surface area contributed by atoms with E-state index in [1.165, 1.54) is 19.1 Å². The molecule has 0 spiro atoms. The predicted molar refractivity (Wildman–Crippen MR) is 59.0 cm³/mol. The zero-order chi connectivity index (χ0) is 12.7. The molecular weight excluding hydrogens is 247 g/mol. The van der Waals surface area contributed by atoms with Crippen LogP contribution in [0.3, 0.4) is 0 Å². The molecule has 0 aromatic heterocycles. The molecule has 1 aliphatic rings. The molecule has 6 nitrogen and oxygen atoms in total. The van der Waals surface area contributed by atoms with E-state index in [4.69, 9.17) is 9.47 Å². The highest BCUT2D eigenvalue weighted by Gasteiger charge is 2.44. The van der Waals surface area contributed by atoms with Gasteiger partial charge in [-0.15, -0.1) is 0 Å². The SMILES string of the molecule is COP(=O)(O)[C@@](C)(O)c1ccc2c(c1)OCO2. The lowest BCUT2D eigenvalue weighted by atomic mass is 10.1. The van der Waals surface area contributed by atoms with Gasteiger partial charge in [0.2, 0.25) is 6.79 Å². The summed E-state index contributed by atoms with van der Waals surface area (Å²) in [5.41, 5.74) is 0.231. The number of fused-ring (bicyclic) bond motifs is 1. The average Bonchev–Trinajstić information content (AvgIpc) is 2.75. The zero-order valence-electron chi connectivity index (χ0n) is 9.41. The van der Waals surface area contributed by atoms with Crippen molar-refractivity contribution in [3.8, 4) is 11.5 Å². The van der Waals surface area contributed by atoms with E-state index in [9.17, 15) is 14.6 Å². The average molecular weight is 260 g/mol. The lowest BCUT2D eigenvalue weighted by Crippen LogP contribution is -2.22.